The summed E-state index contributed by atoms with van der Waals surface area (Å²) in [6, 6.07) is 0. The quantitative estimate of drug-likeness (QED) is 0.795. The molecule has 0 saturated carbocycles. The van der Waals surface area contributed by atoms with E-state index in [4.69, 9.17) is 0 Å². The van der Waals surface area contributed by atoms with Crippen molar-refractivity contribution in [3.8, 4) is 0 Å². The van der Waals surface area contributed by atoms with Gasteiger partial charge in [0.05, 0.1) is 6.20 Å². The number of anilines is 2. The van der Waals surface area contributed by atoms with E-state index in [0.717, 1.165) is 44.3 Å². The van der Waals surface area contributed by atoms with Crippen molar-refractivity contribution in [3.05, 3.63) is 6.20 Å². The molecule has 2 rings (SSSR count). The summed E-state index contributed by atoms with van der Waals surface area (Å²) < 4.78 is 0. The molecule has 0 amide bonds. The van der Waals surface area contributed by atoms with Crippen LogP contribution in [0.1, 0.15) is 26.2 Å². The molecule has 0 aliphatic carbocycles. The van der Waals surface area contributed by atoms with Crippen molar-refractivity contribution >= 4 is 11.8 Å². The molecule has 1 aromatic rings. The van der Waals surface area contributed by atoms with Gasteiger partial charge in [-0.25, -0.2) is 0 Å². The third-order valence-corrected chi connectivity index (χ3v) is 3.72. The highest BCUT2D eigenvalue weighted by molar-refractivity contribution is 5.40. The first-order valence-electron chi connectivity index (χ1n) is 7.48. The molecular weight excluding hydrogens is 252 g/mol. The molecule has 1 aromatic heterocycles. The van der Waals surface area contributed by atoms with Crippen molar-refractivity contribution in [1.82, 2.24) is 20.1 Å². The van der Waals surface area contributed by atoms with Crippen molar-refractivity contribution in [2.75, 3.05) is 50.5 Å². The molecule has 1 aliphatic heterocycles. The molecule has 1 N–H and O–H groups in total. The van der Waals surface area contributed by atoms with Gasteiger partial charge in [0.2, 0.25) is 5.95 Å². The molecule has 1 fully saturated rings. The van der Waals surface area contributed by atoms with Crippen molar-refractivity contribution in [1.29, 1.82) is 0 Å². The van der Waals surface area contributed by atoms with Gasteiger partial charge in [-0.15, -0.1) is 5.10 Å². The number of piperidine rings is 1. The third kappa shape index (κ3) is 4.59. The van der Waals surface area contributed by atoms with Gasteiger partial charge >= 0.3 is 0 Å². The van der Waals surface area contributed by atoms with Crippen LogP contribution in [0.15, 0.2) is 6.20 Å². The van der Waals surface area contributed by atoms with Crippen LogP contribution in [0.25, 0.3) is 0 Å². The van der Waals surface area contributed by atoms with Gasteiger partial charge in [-0.05, 0) is 45.8 Å². The zero-order valence-electron chi connectivity index (χ0n) is 12.8. The summed E-state index contributed by atoms with van der Waals surface area (Å²) in [5.74, 6) is 2.41. The van der Waals surface area contributed by atoms with E-state index in [1.165, 1.54) is 12.8 Å². The second-order valence-electron chi connectivity index (χ2n) is 5.89. The summed E-state index contributed by atoms with van der Waals surface area (Å²) in [6.07, 6.45) is 5.30. The Balaban J connectivity index is 1.84. The maximum absolute atomic E-state index is 4.57. The molecule has 0 atom stereocenters. The second-order valence-corrected chi connectivity index (χ2v) is 5.89. The normalized spacial score (nSPS) is 16.7. The number of hydrogen-bond acceptors (Lipinski definition) is 6. The second kappa shape index (κ2) is 7.38. The summed E-state index contributed by atoms with van der Waals surface area (Å²) in [7, 11) is 4.16. The maximum Gasteiger partial charge on any atom is 0.244 e. The van der Waals surface area contributed by atoms with E-state index in [2.05, 4.69) is 51.3 Å². The van der Waals surface area contributed by atoms with Crippen LogP contribution in [-0.2, 0) is 0 Å². The van der Waals surface area contributed by atoms with Crippen molar-refractivity contribution in [2.45, 2.75) is 26.2 Å². The lowest BCUT2D eigenvalue weighted by Gasteiger charge is -2.30. The Morgan fingerprint density at radius 2 is 2.10 bits per heavy atom. The van der Waals surface area contributed by atoms with Crippen LogP contribution in [0.5, 0.6) is 0 Å². The summed E-state index contributed by atoms with van der Waals surface area (Å²) in [6.45, 7) is 6.39. The highest BCUT2D eigenvalue weighted by Crippen LogP contribution is 2.20. The minimum atomic E-state index is 0.639. The summed E-state index contributed by atoms with van der Waals surface area (Å²) in [4.78, 5) is 9.04. The SMILES string of the molecule is CC1CCN(c2cnnc(NCCCN(C)C)n2)CC1. The van der Waals surface area contributed by atoms with Gasteiger partial charge in [-0.2, -0.15) is 10.1 Å². The molecule has 6 heteroatoms. The van der Waals surface area contributed by atoms with Gasteiger partial charge in [-0.1, -0.05) is 6.92 Å². The van der Waals surface area contributed by atoms with Crippen LogP contribution in [0, 0.1) is 5.92 Å². The van der Waals surface area contributed by atoms with Gasteiger partial charge in [0.1, 0.15) is 0 Å². The summed E-state index contributed by atoms with van der Waals surface area (Å²) >= 11 is 0. The van der Waals surface area contributed by atoms with Crippen LogP contribution in [0.4, 0.5) is 11.8 Å². The molecule has 0 bridgehead atoms. The van der Waals surface area contributed by atoms with Crippen molar-refractivity contribution in [2.24, 2.45) is 5.92 Å². The molecule has 0 radical (unpaired) electrons. The van der Waals surface area contributed by atoms with E-state index in [9.17, 15) is 0 Å². The summed E-state index contributed by atoms with van der Waals surface area (Å²) in [5, 5.41) is 11.4. The minimum absolute atomic E-state index is 0.639. The average molecular weight is 278 g/mol. The molecule has 0 unspecified atom stereocenters. The third-order valence-electron chi connectivity index (χ3n) is 3.72. The molecule has 2 heterocycles. The van der Waals surface area contributed by atoms with Crippen LogP contribution in [0.2, 0.25) is 0 Å². The highest BCUT2D eigenvalue weighted by Gasteiger charge is 2.17. The molecular formula is C14H26N6. The van der Waals surface area contributed by atoms with E-state index in [1.54, 1.807) is 6.20 Å². The first kappa shape index (κ1) is 15.0. The molecule has 112 valence electrons. The van der Waals surface area contributed by atoms with Crippen LogP contribution < -0.4 is 10.2 Å². The zero-order chi connectivity index (χ0) is 14.4. The lowest BCUT2D eigenvalue weighted by Crippen LogP contribution is -2.33. The van der Waals surface area contributed by atoms with Crippen LogP contribution in [-0.4, -0.2) is 60.4 Å². The lowest BCUT2D eigenvalue weighted by atomic mass is 9.99. The van der Waals surface area contributed by atoms with E-state index >= 15 is 0 Å². The minimum Gasteiger partial charge on any atom is -0.355 e. The Bertz CT molecular complexity index is 400. The number of rotatable bonds is 6. The van der Waals surface area contributed by atoms with E-state index in [1.807, 2.05) is 0 Å². The maximum atomic E-state index is 4.57. The Hall–Kier alpha value is -1.43. The standard InChI is InChI=1S/C14H26N6/c1-12-5-9-20(10-6-12)13-11-16-18-14(17-13)15-7-4-8-19(2)3/h11-12H,4-10H2,1-3H3,(H,15,17,18). The van der Waals surface area contributed by atoms with Crippen molar-refractivity contribution in [3.63, 3.8) is 0 Å². The van der Waals surface area contributed by atoms with Crippen LogP contribution >= 0.6 is 0 Å². The predicted octanol–water partition coefficient (Wildman–Crippen LogP) is 1.47. The van der Waals surface area contributed by atoms with Gasteiger partial charge < -0.3 is 15.1 Å². The largest absolute Gasteiger partial charge is 0.355 e. The monoisotopic (exact) mass is 278 g/mol. The Labute approximate surface area is 121 Å². The van der Waals surface area contributed by atoms with E-state index in [0.29, 0.717) is 5.95 Å². The fourth-order valence-electron chi connectivity index (χ4n) is 2.36. The molecule has 1 aliphatic rings. The van der Waals surface area contributed by atoms with Crippen molar-refractivity contribution < 1.29 is 0 Å². The van der Waals surface area contributed by atoms with Gasteiger partial charge in [-0.3, -0.25) is 0 Å². The number of nitrogens with zero attached hydrogens (tertiary/aromatic N) is 5. The highest BCUT2D eigenvalue weighted by atomic mass is 15.3. The van der Waals surface area contributed by atoms with Gasteiger partial charge in [0.25, 0.3) is 0 Å². The summed E-state index contributed by atoms with van der Waals surface area (Å²) in [5.41, 5.74) is 0. The Morgan fingerprint density at radius 3 is 2.80 bits per heavy atom. The molecule has 0 aromatic carbocycles. The number of nitrogens with one attached hydrogen (secondary N) is 1. The fourth-order valence-corrected chi connectivity index (χ4v) is 2.36. The Kier molecular flexibility index (Phi) is 5.52. The Morgan fingerprint density at radius 1 is 1.35 bits per heavy atom. The molecule has 20 heavy (non-hydrogen) atoms. The topological polar surface area (TPSA) is 57.2 Å². The predicted molar refractivity (Wildman–Crippen MR) is 82.1 cm³/mol. The van der Waals surface area contributed by atoms with Gasteiger partial charge in [0.15, 0.2) is 5.82 Å². The first-order valence-corrected chi connectivity index (χ1v) is 7.48. The smallest absolute Gasteiger partial charge is 0.244 e. The average Bonchev–Trinajstić information content (AvgIpc) is 2.44. The van der Waals surface area contributed by atoms with Crippen LogP contribution in [0.3, 0.4) is 0 Å². The van der Waals surface area contributed by atoms with E-state index < -0.39 is 0 Å². The molecule has 1 saturated heterocycles. The lowest BCUT2D eigenvalue weighted by molar-refractivity contribution is 0.405. The van der Waals surface area contributed by atoms with Gasteiger partial charge in [0, 0.05) is 19.6 Å². The fraction of sp³-hybridized carbons (Fsp3) is 0.786. The van der Waals surface area contributed by atoms with E-state index in [-0.39, 0.29) is 0 Å². The zero-order valence-corrected chi connectivity index (χ0v) is 12.8. The molecule has 6 nitrogen and oxygen atoms in total. The number of hydrogen-bond donors (Lipinski definition) is 1. The first-order chi connectivity index (χ1) is 9.65. The molecule has 0 spiro atoms. The number of aromatic nitrogens is 3.